The highest BCUT2D eigenvalue weighted by Crippen LogP contribution is 2.12. The Morgan fingerprint density at radius 3 is 2.38 bits per heavy atom. The molecular formula is C10H23NO2. The van der Waals surface area contributed by atoms with Crippen LogP contribution in [-0.2, 0) is 0 Å². The maximum atomic E-state index is 9.00. The van der Waals surface area contributed by atoms with Gasteiger partial charge in [0.2, 0.25) is 0 Å². The highest BCUT2D eigenvalue weighted by atomic mass is 16.3. The first-order valence-electron chi connectivity index (χ1n) is 4.97. The predicted molar refractivity (Wildman–Crippen MR) is 54.7 cm³/mol. The van der Waals surface area contributed by atoms with E-state index in [1.54, 1.807) is 0 Å². The number of hydrogen-bond donors (Lipinski definition) is 3. The second-order valence-corrected chi connectivity index (χ2v) is 4.47. The number of rotatable bonds is 7. The van der Waals surface area contributed by atoms with Gasteiger partial charge in [-0.05, 0) is 19.8 Å². The molecule has 0 spiro atoms. The first-order valence-corrected chi connectivity index (χ1v) is 4.97. The molecule has 0 aromatic carbocycles. The molecule has 3 heteroatoms. The summed E-state index contributed by atoms with van der Waals surface area (Å²) in [7, 11) is 0. The van der Waals surface area contributed by atoms with Gasteiger partial charge in [-0.3, -0.25) is 0 Å². The molecule has 0 aliphatic heterocycles. The molecule has 0 heterocycles. The molecule has 3 nitrogen and oxygen atoms in total. The van der Waals surface area contributed by atoms with Gasteiger partial charge in [0.1, 0.15) is 0 Å². The molecule has 80 valence electrons. The van der Waals surface area contributed by atoms with Crippen LogP contribution >= 0.6 is 0 Å². The monoisotopic (exact) mass is 189 g/mol. The molecule has 3 N–H and O–H groups in total. The zero-order valence-electron chi connectivity index (χ0n) is 9.01. The summed E-state index contributed by atoms with van der Waals surface area (Å²) < 4.78 is 0. The van der Waals surface area contributed by atoms with Crippen LogP contribution in [-0.4, -0.2) is 36.0 Å². The summed E-state index contributed by atoms with van der Waals surface area (Å²) >= 11 is 0. The largest absolute Gasteiger partial charge is 0.396 e. The molecule has 0 aliphatic carbocycles. The van der Waals surface area contributed by atoms with Gasteiger partial charge >= 0.3 is 0 Å². The van der Waals surface area contributed by atoms with Crippen molar-refractivity contribution in [2.24, 2.45) is 5.41 Å². The highest BCUT2D eigenvalue weighted by molar-refractivity contribution is 4.72. The van der Waals surface area contributed by atoms with Crippen molar-refractivity contribution in [1.82, 2.24) is 5.32 Å². The number of aliphatic hydroxyl groups is 2. The maximum absolute atomic E-state index is 9.00. The first kappa shape index (κ1) is 12.9. The minimum Gasteiger partial charge on any atom is -0.396 e. The molecule has 0 bridgehead atoms. The Morgan fingerprint density at radius 2 is 1.92 bits per heavy atom. The van der Waals surface area contributed by atoms with Gasteiger partial charge in [0, 0.05) is 31.2 Å². The lowest BCUT2D eigenvalue weighted by atomic mass is 9.94. The average molecular weight is 189 g/mol. The highest BCUT2D eigenvalue weighted by Gasteiger charge is 2.16. The fourth-order valence-electron chi connectivity index (χ4n) is 1.01. The Balaban J connectivity index is 3.51. The van der Waals surface area contributed by atoms with Gasteiger partial charge in [-0.1, -0.05) is 13.8 Å². The molecule has 0 amide bonds. The van der Waals surface area contributed by atoms with Crippen LogP contribution in [0.2, 0.25) is 0 Å². The van der Waals surface area contributed by atoms with Gasteiger partial charge in [0.15, 0.2) is 0 Å². The van der Waals surface area contributed by atoms with E-state index in [0.717, 1.165) is 19.4 Å². The van der Waals surface area contributed by atoms with E-state index >= 15 is 0 Å². The SMILES string of the molecule is CC(CCCO)NCC(C)(C)CO. The Labute approximate surface area is 81.2 Å². The topological polar surface area (TPSA) is 52.5 Å². The number of hydrogen-bond acceptors (Lipinski definition) is 3. The summed E-state index contributed by atoms with van der Waals surface area (Å²) in [6.07, 6.45) is 1.83. The van der Waals surface area contributed by atoms with Crippen LogP contribution in [0.3, 0.4) is 0 Å². The van der Waals surface area contributed by atoms with Crippen LogP contribution in [0, 0.1) is 5.41 Å². The van der Waals surface area contributed by atoms with Gasteiger partial charge < -0.3 is 15.5 Å². The van der Waals surface area contributed by atoms with Gasteiger partial charge in [-0.25, -0.2) is 0 Å². The zero-order valence-corrected chi connectivity index (χ0v) is 9.01. The van der Waals surface area contributed by atoms with Crippen LogP contribution in [0.15, 0.2) is 0 Å². The van der Waals surface area contributed by atoms with Crippen LogP contribution in [0.1, 0.15) is 33.6 Å². The molecule has 13 heavy (non-hydrogen) atoms. The summed E-state index contributed by atoms with van der Waals surface area (Å²) in [4.78, 5) is 0. The summed E-state index contributed by atoms with van der Waals surface area (Å²) in [5, 5.41) is 21.0. The molecular weight excluding hydrogens is 166 g/mol. The van der Waals surface area contributed by atoms with E-state index in [2.05, 4.69) is 12.2 Å². The van der Waals surface area contributed by atoms with Crippen molar-refractivity contribution >= 4 is 0 Å². The number of aliphatic hydroxyl groups excluding tert-OH is 2. The van der Waals surface area contributed by atoms with E-state index in [1.807, 2.05) is 13.8 Å². The van der Waals surface area contributed by atoms with Crippen molar-refractivity contribution in [2.75, 3.05) is 19.8 Å². The van der Waals surface area contributed by atoms with Crippen molar-refractivity contribution in [3.8, 4) is 0 Å². The predicted octanol–water partition coefficient (Wildman–Crippen LogP) is 0.756. The third-order valence-corrected chi connectivity index (χ3v) is 2.15. The molecule has 0 aromatic heterocycles. The quantitative estimate of drug-likeness (QED) is 0.554. The molecule has 0 saturated carbocycles. The van der Waals surface area contributed by atoms with Crippen LogP contribution in [0.5, 0.6) is 0 Å². The lowest BCUT2D eigenvalue weighted by Crippen LogP contribution is -2.37. The van der Waals surface area contributed by atoms with Crippen LogP contribution in [0.25, 0.3) is 0 Å². The van der Waals surface area contributed by atoms with Gasteiger partial charge in [0.05, 0.1) is 0 Å². The smallest absolute Gasteiger partial charge is 0.0494 e. The van der Waals surface area contributed by atoms with Gasteiger partial charge in [-0.15, -0.1) is 0 Å². The maximum Gasteiger partial charge on any atom is 0.0494 e. The van der Waals surface area contributed by atoms with Crippen LogP contribution < -0.4 is 5.32 Å². The lowest BCUT2D eigenvalue weighted by molar-refractivity contribution is 0.152. The summed E-state index contributed by atoms with van der Waals surface area (Å²) in [6.45, 7) is 7.43. The molecule has 1 atom stereocenters. The summed E-state index contributed by atoms with van der Waals surface area (Å²) in [5.74, 6) is 0. The minimum atomic E-state index is -0.0481. The van der Waals surface area contributed by atoms with Crippen molar-refractivity contribution in [3.05, 3.63) is 0 Å². The van der Waals surface area contributed by atoms with E-state index in [1.165, 1.54) is 0 Å². The van der Waals surface area contributed by atoms with E-state index in [-0.39, 0.29) is 18.6 Å². The Hall–Kier alpha value is -0.120. The molecule has 0 saturated heterocycles. The van der Waals surface area contributed by atoms with Gasteiger partial charge in [0.25, 0.3) is 0 Å². The Bertz CT molecular complexity index is 126. The molecule has 0 fully saturated rings. The van der Waals surface area contributed by atoms with Gasteiger partial charge in [-0.2, -0.15) is 0 Å². The fourth-order valence-corrected chi connectivity index (χ4v) is 1.01. The minimum absolute atomic E-state index is 0.0481. The van der Waals surface area contributed by atoms with E-state index in [4.69, 9.17) is 10.2 Å². The van der Waals surface area contributed by atoms with E-state index < -0.39 is 0 Å². The number of nitrogens with one attached hydrogen (secondary N) is 1. The van der Waals surface area contributed by atoms with Crippen molar-refractivity contribution in [3.63, 3.8) is 0 Å². The average Bonchev–Trinajstić information content (AvgIpc) is 2.11. The third-order valence-electron chi connectivity index (χ3n) is 2.15. The zero-order chi connectivity index (χ0) is 10.3. The van der Waals surface area contributed by atoms with Crippen molar-refractivity contribution in [2.45, 2.75) is 39.7 Å². The molecule has 0 aliphatic rings. The second kappa shape index (κ2) is 6.35. The first-order chi connectivity index (χ1) is 6.02. The molecule has 0 aromatic rings. The van der Waals surface area contributed by atoms with Crippen LogP contribution in [0.4, 0.5) is 0 Å². The normalized spacial score (nSPS) is 14.5. The Morgan fingerprint density at radius 1 is 1.31 bits per heavy atom. The fraction of sp³-hybridized carbons (Fsp3) is 1.00. The summed E-state index contributed by atoms with van der Waals surface area (Å²) in [5.41, 5.74) is -0.0481. The third kappa shape index (κ3) is 6.99. The van der Waals surface area contributed by atoms with Crippen molar-refractivity contribution < 1.29 is 10.2 Å². The molecule has 1 unspecified atom stereocenters. The summed E-state index contributed by atoms with van der Waals surface area (Å²) in [6, 6.07) is 0.415. The molecule has 0 rings (SSSR count). The molecule has 0 radical (unpaired) electrons. The van der Waals surface area contributed by atoms with Crippen molar-refractivity contribution in [1.29, 1.82) is 0 Å². The Kier molecular flexibility index (Phi) is 6.29. The second-order valence-electron chi connectivity index (χ2n) is 4.47. The van der Waals surface area contributed by atoms with E-state index in [0.29, 0.717) is 6.04 Å². The standard InChI is InChI=1S/C10H23NO2/c1-9(5-4-6-12)11-7-10(2,3)8-13/h9,11-13H,4-8H2,1-3H3. The lowest BCUT2D eigenvalue weighted by Gasteiger charge is -2.24. The van der Waals surface area contributed by atoms with E-state index in [9.17, 15) is 0 Å².